The van der Waals surface area contributed by atoms with Crippen LogP contribution < -0.4 is 0 Å². The fourth-order valence-electron chi connectivity index (χ4n) is 7.38. The Morgan fingerprint density at radius 2 is 1.45 bits per heavy atom. The Balaban J connectivity index is 1.35. The van der Waals surface area contributed by atoms with Gasteiger partial charge in [0.05, 0.1) is 27.6 Å². The van der Waals surface area contributed by atoms with Gasteiger partial charge >= 0.3 is 0 Å². The van der Waals surface area contributed by atoms with Crippen molar-refractivity contribution in [2.45, 2.75) is 6.92 Å². The Morgan fingerprint density at radius 3 is 2.34 bits per heavy atom. The Kier molecular flexibility index (Phi) is 4.47. The summed E-state index contributed by atoms with van der Waals surface area (Å²) in [7, 11) is 0. The predicted molar refractivity (Wildman–Crippen MR) is 182 cm³/mol. The molecule has 5 heteroatoms. The molecule has 0 aliphatic carbocycles. The molecule has 0 radical (unpaired) electrons. The molecule has 0 saturated carbocycles. The molecule has 0 saturated heterocycles. The van der Waals surface area contributed by atoms with Crippen LogP contribution in [0.25, 0.3) is 94.0 Å². The average molecular weight is 565 g/mol. The van der Waals surface area contributed by atoms with Crippen molar-refractivity contribution in [2.75, 3.05) is 0 Å². The van der Waals surface area contributed by atoms with Gasteiger partial charge in [-0.3, -0.25) is 4.40 Å². The van der Waals surface area contributed by atoms with Gasteiger partial charge in [0.2, 0.25) is 0 Å². The molecule has 5 nitrogen and oxygen atoms in total. The third-order valence-corrected chi connectivity index (χ3v) is 9.21. The van der Waals surface area contributed by atoms with E-state index in [4.69, 9.17) is 14.4 Å². The van der Waals surface area contributed by atoms with E-state index in [1.54, 1.807) is 0 Å². The zero-order valence-electron chi connectivity index (χ0n) is 23.9. The minimum atomic E-state index is 0.882. The maximum atomic E-state index is 6.30. The van der Waals surface area contributed by atoms with Gasteiger partial charge < -0.3 is 8.98 Å². The number of rotatable bonds is 3. The highest BCUT2D eigenvalue weighted by atomic mass is 16.3. The van der Waals surface area contributed by atoms with Gasteiger partial charge in [0, 0.05) is 55.3 Å². The first-order valence-electron chi connectivity index (χ1n) is 14.8. The summed E-state index contributed by atoms with van der Waals surface area (Å²) in [6.07, 6.45) is 6.04. The van der Waals surface area contributed by atoms with E-state index in [1.165, 1.54) is 21.7 Å². The fraction of sp³-hybridized carbons (Fsp3) is 0.0256. The van der Waals surface area contributed by atoms with E-state index in [9.17, 15) is 0 Å². The molecule has 0 aliphatic heterocycles. The number of nitrogens with zero attached hydrogens (tertiary/aromatic N) is 4. The molecule has 0 N–H and O–H groups in total. The lowest BCUT2D eigenvalue weighted by Gasteiger charge is -2.09. The number of allylic oxidation sites excluding steroid dienone is 2. The van der Waals surface area contributed by atoms with Crippen LogP contribution >= 0.6 is 0 Å². The van der Waals surface area contributed by atoms with E-state index < -0.39 is 0 Å². The van der Waals surface area contributed by atoms with Gasteiger partial charge in [-0.05, 0) is 49.4 Å². The smallest absolute Gasteiger partial charge is 0.165 e. The molecule has 0 aliphatic rings. The van der Waals surface area contributed by atoms with E-state index in [2.05, 4.69) is 89.2 Å². The van der Waals surface area contributed by atoms with Crippen molar-refractivity contribution in [3.63, 3.8) is 0 Å². The zero-order valence-corrected chi connectivity index (χ0v) is 23.9. The summed E-state index contributed by atoms with van der Waals surface area (Å²) in [5.74, 6) is 0. The highest BCUT2D eigenvalue weighted by molar-refractivity contribution is 6.29. The minimum Gasteiger partial charge on any atom is -0.456 e. The lowest BCUT2D eigenvalue weighted by atomic mass is 10.0. The van der Waals surface area contributed by atoms with Crippen molar-refractivity contribution in [1.29, 1.82) is 0 Å². The third-order valence-electron chi connectivity index (χ3n) is 9.21. The van der Waals surface area contributed by atoms with E-state index in [0.29, 0.717) is 0 Å². The normalized spacial score (nSPS) is 12.7. The summed E-state index contributed by atoms with van der Waals surface area (Å²) in [6.45, 7) is 6.16. The molecule has 0 fully saturated rings. The second-order valence-corrected chi connectivity index (χ2v) is 11.5. The standard InChI is InChI=1S/C39H24N4O/c1-3-4-10-24-22(2)42(23-17-18-26-25-11-5-8-16-33(25)44-34(26)21-23)31-19-20-32-36(35(24)31)27-12-9-13-28-37-39(43(32)38(27)28)41-30-15-7-6-14-29(30)40-37/h3-21H,1H2,2H3/b10-4-. The summed E-state index contributed by atoms with van der Waals surface area (Å²) in [4.78, 5) is 10.2. The van der Waals surface area contributed by atoms with Crippen LogP contribution in [0.1, 0.15) is 11.3 Å². The minimum absolute atomic E-state index is 0.882. The number of fused-ring (bicyclic) bond motifs is 12. The average Bonchev–Trinajstić information content (AvgIpc) is 3.77. The van der Waals surface area contributed by atoms with Crippen molar-refractivity contribution >= 4 is 88.3 Å². The molecule has 5 heterocycles. The number of furan rings is 1. The van der Waals surface area contributed by atoms with Crippen LogP contribution in [-0.4, -0.2) is 18.9 Å². The SMILES string of the molecule is C=C/C=C\c1c(C)n(-c2ccc3c(c2)oc2ccccc23)c2ccc3c(c4cccc5c6nc7ccccc7nc6n3c54)c12. The first kappa shape index (κ1) is 23.6. The van der Waals surface area contributed by atoms with Gasteiger partial charge in [0.15, 0.2) is 5.65 Å². The molecular formula is C39H24N4O. The predicted octanol–water partition coefficient (Wildman–Crippen LogP) is 10.1. The topological polar surface area (TPSA) is 48.3 Å². The highest BCUT2D eigenvalue weighted by Gasteiger charge is 2.24. The number of aromatic nitrogens is 4. The number of hydrogen-bond donors (Lipinski definition) is 0. The first-order chi connectivity index (χ1) is 21.7. The molecule has 0 bridgehead atoms. The van der Waals surface area contributed by atoms with Crippen molar-refractivity contribution in [2.24, 2.45) is 0 Å². The van der Waals surface area contributed by atoms with Crippen LogP contribution in [0, 0.1) is 6.92 Å². The molecule has 0 unspecified atom stereocenters. The maximum absolute atomic E-state index is 6.30. The molecule has 44 heavy (non-hydrogen) atoms. The monoisotopic (exact) mass is 564 g/mol. The molecule has 5 aromatic heterocycles. The van der Waals surface area contributed by atoms with Gasteiger partial charge in [-0.15, -0.1) is 0 Å². The van der Waals surface area contributed by atoms with Crippen LogP contribution in [0.2, 0.25) is 0 Å². The first-order valence-corrected chi connectivity index (χ1v) is 14.8. The second-order valence-electron chi connectivity index (χ2n) is 11.5. The summed E-state index contributed by atoms with van der Waals surface area (Å²) >= 11 is 0. The van der Waals surface area contributed by atoms with E-state index in [1.807, 2.05) is 48.6 Å². The van der Waals surface area contributed by atoms with Crippen molar-refractivity contribution in [3.8, 4) is 5.69 Å². The largest absolute Gasteiger partial charge is 0.456 e. The Morgan fingerprint density at radius 1 is 0.705 bits per heavy atom. The highest BCUT2D eigenvalue weighted by Crippen LogP contribution is 2.44. The van der Waals surface area contributed by atoms with E-state index >= 15 is 0 Å². The second kappa shape index (κ2) is 8.33. The Hall–Kier alpha value is -5.94. The summed E-state index contributed by atoms with van der Waals surface area (Å²) in [5.41, 5.74) is 12.2. The van der Waals surface area contributed by atoms with E-state index in [0.717, 1.165) is 77.5 Å². The molecular weight excluding hydrogens is 540 g/mol. The zero-order chi connectivity index (χ0) is 29.1. The molecule has 206 valence electrons. The van der Waals surface area contributed by atoms with Crippen molar-refractivity contribution in [1.82, 2.24) is 18.9 Å². The molecule has 10 rings (SSSR count). The van der Waals surface area contributed by atoms with Crippen LogP contribution in [0.3, 0.4) is 0 Å². The lowest BCUT2D eigenvalue weighted by Crippen LogP contribution is -1.96. The van der Waals surface area contributed by atoms with Crippen molar-refractivity contribution in [3.05, 3.63) is 127 Å². The van der Waals surface area contributed by atoms with Crippen LogP contribution in [0.5, 0.6) is 0 Å². The third kappa shape index (κ3) is 2.88. The number of benzene rings is 5. The maximum Gasteiger partial charge on any atom is 0.165 e. The number of para-hydroxylation sites is 4. The quantitative estimate of drug-likeness (QED) is 0.201. The van der Waals surface area contributed by atoms with Crippen LogP contribution in [0.4, 0.5) is 0 Å². The Bertz CT molecular complexity index is 2860. The molecule has 0 atom stereocenters. The van der Waals surface area contributed by atoms with Gasteiger partial charge in [-0.25, -0.2) is 9.97 Å². The lowest BCUT2D eigenvalue weighted by molar-refractivity contribution is 0.668. The van der Waals surface area contributed by atoms with Gasteiger partial charge in [0.1, 0.15) is 16.7 Å². The van der Waals surface area contributed by atoms with Gasteiger partial charge in [-0.1, -0.05) is 73.3 Å². The van der Waals surface area contributed by atoms with Crippen LogP contribution in [0.15, 0.2) is 120 Å². The summed E-state index contributed by atoms with van der Waals surface area (Å²) < 4.78 is 11.0. The van der Waals surface area contributed by atoms with Crippen LogP contribution in [-0.2, 0) is 0 Å². The molecule has 5 aromatic carbocycles. The summed E-state index contributed by atoms with van der Waals surface area (Å²) in [5, 5.41) is 7.00. The van der Waals surface area contributed by atoms with Crippen molar-refractivity contribution < 1.29 is 4.42 Å². The number of hydrogen-bond acceptors (Lipinski definition) is 3. The van der Waals surface area contributed by atoms with E-state index in [-0.39, 0.29) is 0 Å². The molecule has 0 amide bonds. The summed E-state index contributed by atoms with van der Waals surface area (Å²) in [6, 6.07) is 33.9. The fourth-order valence-corrected chi connectivity index (χ4v) is 7.38. The molecule has 10 aromatic rings. The Labute approximate surface area is 250 Å². The van der Waals surface area contributed by atoms with Gasteiger partial charge in [0.25, 0.3) is 0 Å². The molecule has 0 spiro atoms. The van der Waals surface area contributed by atoms with Gasteiger partial charge in [-0.2, -0.15) is 0 Å².